The molecule has 0 atom stereocenters. The van der Waals surface area contributed by atoms with Gasteiger partial charge >= 0.3 is 0 Å². The average molecular weight is 812 g/mol. The fourth-order valence-corrected chi connectivity index (χ4v) is 10.2. The summed E-state index contributed by atoms with van der Waals surface area (Å²) < 4.78 is 13.9. The summed E-state index contributed by atoms with van der Waals surface area (Å²) in [6.45, 7) is 0.293. The van der Waals surface area contributed by atoms with Crippen molar-refractivity contribution in [1.82, 2.24) is 0 Å². The van der Waals surface area contributed by atoms with Gasteiger partial charge in [0.15, 0.2) is 28.8 Å². The van der Waals surface area contributed by atoms with Crippen molar-refractivity contribution in [2.45, 2.75) is 24.8 Å². The van der Waals surface area contributed by atoms with Crippen molar-refractivity contribution in [2.24, 2.45) is 15.7 Å². The Morgan fingerprint density at radius 2 is 1.14 bits per heavy atom. The Kier molecular flexibility index (Phi) is 8.68. The number of benzene rings is 9. The lowest BCUT2D eigenvalue weighted by molar-refractivity contribution is 0.355. The maximum Gasteiger partial charge on any atom is 0.177 e. The second-order valence-electron chi connectivity index (χ2n) is 16.4. The minimum absolute atomic E-state index is 0.293. The van der Waals surface area contributed by atoms with E-state index in [-0.39, 0.29) is 0 Å². The van der Waals surface area contributed by atoms with Crippen LogP contribution >= 0.6 is 0 Å². The molecule has 2 N–H and O–H groups in total. The number of fused-ring (bicyclic) bond motifs is 11. The molecule has 0 spiro atoms. The van der Waals surface area contributed by atoms with E-state index < -0.39 is 5.41 Å². The monoisotopic (exact) mass is 811 g/mol. The van der Waals surface area contributed by atoms with Crippen molar-refractivity contribution in [2.75, 3.05) is 0 Å². The summed E-state index contributed by atoms with van der Waals surface area (Å²) in [7, 11) is 0. The van der Waals surface area contributed by atoms with Crippen LogP contribution < -0.4 is 15.2 Å². The number of aliphatic imine (C=N–C) groups is 2. The van der Waals surface area contributed by atoms with Crippen LogP contribution in [0.2, 0.25) is 0 Å². The van der Waals surface area contributed by atoms with Crippen LogP contribution in [0.25, 0.3) is 37.9 Å². The van der Waals surface area contributed by atoms with Crippen molar-refractivity contribution in [3.05, 3.63) is 245 Å². The minimum atomic E-state index is -0.513. The van der Waals surface area contributed by atoms with E-state index in [0.717, 1.165) is 46.2 Å². The molecule has 1 heterocycles. The smallest absolute Gasteiger partial charge is 0.177 e. The van der Waals surface area contributed by atoms with Gasteiger partial charge in [-0.25, -0.2) is 4.99 Å². The van der Waals surface area contributed by atoms with Crippen molar-refractivity contribution in [3.8, 4) is 23.0 Å². The highest BCUT2D eigenvalue weighted by molar-refractivity contribution is 6.26. The van der Waals surface area contributed by atoms with Gasteiger partial charge in [-0.3, -0.25) is 4.99 Å². The second kappa shape index (κ2) is 14.9. The number of amidine groups is 2. The maximum atomic E-state index is 7.15. The zero-order valence-corrected chi connectivity index (χ0v) is 34.5. The first-order chi connectivity index (χ1) is 31.2. The van der Waals surface area contributed by atoms with Crippen molar-refractivity contribution < 1.29 is 9.47 Å². The first kappa shape index (κ1) is 36.8. The number of para-hydroxylation sites is 1. The van der Waals surface area contributed by atoms with Crippen LogP contribution in [0.3, 0.4) is 0 Å². The van der Waals surface area contributed by atoms with E-state index >= 15 is 0 Å². The van der Waals surface area contributed by atoms with Crippen LogP contribution in [0.15, 0.2) is 216 Å². The van der Waals surface area contributed by atoms with Gasteiger partial charge in [0, 0.05) is 22.3 Å². The van der Waals surface area contributed by atoms with Gasteiger partial charge in [-0.2, -0.15) is 0 Å². The standard InChI is InChI=1S/C58H41N3O2/c59-56(38-31-32-46-44-26-11-10-24-42(44)43-25-12-13-27-45(43)48(46)35-38)61-57(37-17-4-1-5-18-37)60-36-39-19-16-30-51-54(39)63-55-52(62-51)34-33-50-53(55)47-28-14-15-29-49(47)58(50,40-20-6-2-7-21-40)41-22-8-3-9-23-41/h1-13,15-27,29-35H,14,28,36H2,(H2,59,60,61). The summed E-state index contributed by atoms with van der Waals surface area (Å²) in [6, 6.07) is 65.6. The van der Waals surface area contributed by atoms with Gasteiger partial charge in [0.2, 0.25) is 0 Å². The van der Waals surface area contributed by atoms with Gasteiger partial charge in [0.05, 0.1) is 12.0 Å². The Morgan fingerprint density at radius 3 is 1.83 bits per heavy atom. The summed E-state index contributed by atoms with van der Waals surface area (Å²) in [5, 5.41) is 7.15. The van der Waals surface area contributed by atoms with Gasteiger partial charge < -0.3 is 15.2 Å². The lowest BCUT2D eigenvalue weighted by Gasteiger charge is -2.35. The molecule has 0 bridgehead atoms. The number of allylic oxidation sites excluding steroid dienone is 4. The highest BCUT2D eigenvalue weighted by Crippen LogP contribution is 2.62. The third-order valence-electron chi connectivity index (χ3n) is 13.0. The maximum absolute atomic E-state index is 7.15. The molecule has 0 fully saturated rings. The molecule has 63 heavy (non-hydrogen) atoms. The third kappa shape index (κ3) is 5.84. The van der Waals surface area contributed by atoms with Crippen LogP contribution in [0.1, 0.15) is 51.8 Å². The highest BCUT2D eigenvalue weighted by atomic mass is 16.6. The quantitative estimate of drug-likeness (QED) is 0.103. The van der Waals surface area contributed by atoms with E-state index in [0.29, 0.717) is 35.5 Å². The Balaban J connectivity index is 0.952. The fourth-order valence-electron chi connectivity index (χ4n) is 10.2. The Morgan fingerprint density at radius 1 is 0.540 bits per heavy atom. The molecule has 0 amide bonds. The Bertz CT molecular complexity index is 3350. The van der Waals surface area contributed by atoms with Gasteiger partial charge in [-0.1, -0.05) is 182 Å². The number of hydrogen-bond acceptors (Lipinski definition) is 3. The van der Waals surface area contributed by atoms with Gasteiger partial charge in [-0.15, -0.1) is 0 Å². The Hall–Kier alpha value is -8.02. The van der Waals surface area contributed by atoms with Crippen molar-refractivity contribution in [1.29, 1.82) is 0 Å². The molecular weight excluding hydrogens is 771 g/mol. The summed E-state index contributed by atoms with van der Waals surface area (Å²) >= 11 is 0. The first-order valence-electron chi connectivity index (χ1n) is 21.6. The number of ether oxygens (including phenoxy) is 2. The normalized spacial score (nSPS) is 15.1. The lowest BCUT2D eigenvalue weighted by Crippen LogP contribution is -2.29. The predicted molar refractivity (Wildman–Crippen MR) is 257 cm³/mol. The first-order valence-corrected chi connectivity index (χ1v) is 21.6. The number of hydrogen-bond donors (Lipinski definition) is 1. The fraction of sp³-hybridized carbons (Fsp3) is 0.0690. The molecule has 0 saturated heterocycles. The SMILES string of the molecule is NC(=NC(=NCc1cccc2c1Oc1c(ccc3c1C1=C(C=CCC1)C3(c1ccccc1)c1ccccc1)O2)c1ccccc1)c1ccc2c3ccccc3c3ccccc3c2c1. The highest BCUT2D eigenvalue weighted by Gasteiger charge is 2.49. The van der Waals surface area contributed by atoms with E-state index in [1.54, 1.807) is 0 Å². The van der Waals surface area contributed by atoms with Crippen LogP contribution in [-0.2, 0) is 12.0 Å². The van der Waals surface area contributed by atoms with Crippen LogP contribution in [-0.4, -0.2) is 11.7 Å². The van der Waals surface area contributed by atoms with Gasteiger partial charge in [-0.05, 0) is 91.2 Å². The molecule has 0 unspecified atom stereocenters. The van der Waals surface area contributed by atoms with Crippen molar-refractivity contribution >= 4 is 49.6 Å². The minimum Gasteiger partial charge on any atom is -0.449 e. The zero-order valence-electron chi connectivity index (χ0n) is 34.5. The van der Waals surface area contributed by atoms with Gasteiger partial charge in [0.25, 0.3) is 0 Å². The Labute approximate surface area is 365 Å². The molecular formula is C58H41N3O2. The van der Waals surface area contributed by atoms with E-state index in [1.165, 1.54) is 54.8 Å². The van der Waals surface area contributed by atoms with Gasteiger partial charge in [0.1, 0.15) is 5.84 Å². The van der Waals surface area contributed by atoms with E-state index in [4.69, 9.17) is 25.2 Å². The summed E-state index contributed by atoms with van der Waals surface area (Å²) in [5.41, 5.74) is 16.4. The van der Waals surface area contributed by atoms with E-state index in [1.807, 2.05) is 42.5 Å². The van der Waals surface area contributed by atoms with Crippen LogP contribution in [0.4, 0.5) is 0 Å². The molecule has 0 saturated carbocycles. The van der Waals surface area contributed by atoms with Crippen LogP contribution in [0.5, 0.6) is 23.0 Å². The number of rotatable bonds is 6. The lowest BCUT2D eigenvalue weighted by atomic mass is 9.66. The molecule has 12 rings (SSSR count). The average Bonchev–Trinajstić information content (AvgIpc) is 3.67. The molecule has 0 radical (unpaired) electrons. The molecule has 9 aromatic carbocycles. The second-order valence-corrected chi connectivity index (χ2v) is 16.4. The number of nitrogens with zero attached hydrogens (tertiary/aromatic N) is 2. The molecule has 9 aromatic rings. The predicted octanol–water partition coefficient (Wildman–Crippen LogP) is 13.8. The van der Waals surface area contributed by atoms with E-state index in [2.05, 4.69) is 158 Å². The largest absolute Gasteiger partial charge is 0.449 e. The third-order valence-corrected chi connectivity index (χ3v) is 13.0. The molecule has 3 aliphatic rings. The topological polar surface area (TPSA) is 69.2 Å². The summed E-state index contributed by atoms with van der Waals surface area (Å²) in [5.74, 6) is 3.69. The summed E-state index contributed by atoms with van der Waals surface area (Å²) in [4.78, 5) is 10.2. The van der Waals surface area contributed by atoms with Crippen molar-refractivity contribution in [3.63, 3.8) is 0 Å². The zero-order chi connectivity index (χ0) is 41.9. The molecule has 5 heteroatoms. The molecule has 0 aromatic heterocycles. The van der Waals surface area contributed by atoms with Crippen LogP contribution in [0, 0.1) is 0 Å². The molecule has 2 aliphatic carbocycles. The molecule has 300 valence electrons. The summed E-state index contributed by atoms with van der Waals surface area (Å²) in [6.07, 6.45) is 6.51. The molecule has 1 aliphatic heterocycles. The molecule has 5 nitrogen and oxygen atoms in total. The number of nitrogens with two attached hydrogens (primary N) is 1. The van der Waals surface area contributed by atoms with E-state index in [9.17, 15) is 0 Å².